The molecular weight excluding hydrogens is 303 g/mol. The largest absolute Gasteiger partial charge is 0.546 e. The standard InChI is InChI=1S/C11H17N2O7P/c12-5-9(14)7-13-3-1-2-8(6-13)4-11(17,10(15)16)21(18,19)20/h1-3,6,9,14,17H,4-5,7,12H2,(H2-,15,16,18,19,20). The number of nitrogens with zero attached hydrogens (tertiary/aromatic N) is 1. The third kappa shape index (κ3) is 4.31. The third-order valence-corrected chi connectivity index (χ3v) is 4.18. The number of carbonyl (C=O) groups is 1. The van der Waals surface area contributed by atoms with Crippen molar-refractivity contribution in [2.45, 2.75) is 24.4 Å². The molecule has 1 heterocycles. The van der Waals surface area contributed by atoms with Gasteiger partial charge in [-0.2, -0.15) is 0 Å². The highest BCUT2D eigenvalue weighted by molar-refractivity contribution is 7.54. The monoisotopic (exact) mass is 320 g/mol. The summed E-state index contributed by atoms with van der Waals surface area (Å²) < 4.78 is 12.6. The zero-order chi connectivity index (χ0) is 16.3. The van der Waals surface area contributed by atoms with Crippen LogP contribution in [-0.4, -0.2) is 44.0 Å². The third-order valence-electron chi connectivity index (χ3n) is 2.87. The summed E-state index contributed by atoms with van der Waals surface area (Å²) in [4.78, 5) is 28.9. The van der Waals surface area contributed by atoms with E-state index in [1.165, 1.54) is 22.9 Å². The lowest BCUT2D eigenvalue weighted by atomic mass is 10.1. The predicted octanol–water partition coefficient (Wildman–Crippen LogP) is -3.55. The van der Waals surface area contributed by atoms with Crippen LogP contribution in [0.2, 0.25) is 0 Å². The molecule has 2 atom stereocenters. The number of aliphatic carboxylic acids is 1. The zero-order valence-corrected chi connectivity index (χ0v) is 11.9. The Bertz CT molecular complexity index is 561. The average Bonchev–Trinajstić information content (AvgIpc) is 2.37. The molecule has 9 nitrogen and oxygen atoms in total. The molecule has 0 spiro atoms. The van der Waals surface area contributed by atoms with Gasteiger partial charge in [0.05, 0.1) is 5.97 Å². The Morgan fingerprint density at radius 3 is 2.62 bits per heavy atom. The number of hydrogen-bond acceptors (Lipinski definition) is 6. The Morgan fingerprint density at radius 1 is 1.52 bits per heavy atom. The van der Waals surface area contributed by atoms with Crippen LogP contribution in [0.15, 0.2) is 24.5 Å². The molecule has 2 unspecified atom stereocenters. The van der Waals surface area contributed by atoms with Crippen molar-refractivity contribution in [3.05, 3.63) is 30.1 Å². The van der Waals surface area contributed by atoms with Gasteiger partial charge in [-0.3, -0.25) is 4.57 Å². The average molecular weight is 320 g/mol. The fourth-order valence-corrected chi connectivity index (χ4v) is 2.32. The van der Waals surface area contributed by atoms with Crippen LogP contribution in [0.25, 0.3) is 0 Å². The first-order chi connectivity index (χ1) is 9.60. The predicted molar refractivity (Wildman–Crippen MR) is 67.4 cm³/mol. The van der Waals surface area contributed by atoms with Crippen LogP contribution in [0.5, 0.6) is 0 Å². The Balaban J connectivity index is 3.04. The highest BCUT2D eigenvalue weighted by Crippen LogP contribution is 2.50. The molecule has 0 aliphatic carbocycles. The number of carboxylic acids is 1. The number of rotatable bonds is 7. The number of aromatic nitrogens is 1. The van der Waals surface area contributed by atoms with Crippen molar-refractivity contribution in [2.75, 3.05) is 6.54 Å². The Labute approximate surface area is 120 Å². The lowest BCUT2D eigenvalue weighted by molar-refractivity contribution is -0.703. The molecule has 0 saturated heterocycles. The van der Waals surface area contributed by atoms with Crippen LogP contribution < -0.4 is 15.4 Å². The second kappa shape index (κ2) is 6.61. The van der Waals surface area contributed by atoms with Crippen molar-refractivity contribution in [2.24, 2.45) is 5.73 Å². The number of aliphatic hydroxyl groups is 2. The summed E-state index contributed by atoms with van der Waals surface area (Å²) in [5.74, 6) is -2.26. The van der Waals surface area contributed by atoms with E-state index in [9.17, 15) is 24.7 Å². The molecule has 10 heteroatoms. The van der Waals surface area contributed by atoms with Gasteiger partial charge in [-0.1, -0.05) is 0 Å². The van der Waals surface area contributed by atoms with Crippen LogP contribution >= 0.6 is 7.60 Å². The van der Waals surface area contributed by atoms with Crippen LogP contribution in [0.4, 0.5) is 0 Å². The summed E-state index contributed by atoms with van der Waals surface area (Å²) >= 11 is 0. The number of carboxylic acid groups (broad SMARTS) is 1. The normalized spacial score (nSPS) is 16.2. The first-order valence-electron chi connectivity index (χ1n) is 5.95. The Hall–Kier alpha value is -1.35. The smallest absolute Gasteiger partial charge is 0.363 e. The van der Waals surface area contributed by atoms with E-state index >= 15 is 0 Å². The molecule has 6 N–H and O–H groups in total. The van der Waals surface area contributed by atoms with Gasteiger partial charge in [0.2, 0.25) is 5.34 Å². The molecule has 1 rings (SSSR count). The summed E-state index contributed by atoms with van der Waals surface area (Å²) in [6.07, 6.45) is 1.24. The number of nitrogens with two attached hydrogens (primary N) is 1. The van der Waals surface area contributed by atoms with E-state index in [1.807, 2.05) is 0 Å². The van der Waals surface area contributed by atoms with E-state index in [0.29, 0.717) is 0 Å². The summed E-state index contributed by atoms with van der Waals surface area (Å²) in [5, 5.41) is 26.7. The maximum Gasteiger partial charge on any atom is 0.363 e. The summed E-state index contributed by atoms with van der Waals surface area (Å²) in [6.45, 7) is 0.132. The van der Waals surface area contributed by atoms with Gasteiger partial charge in [0, 0.05) is 24.6 Å². The highest BCUT2D eigenvalue weighted by atomic mass is 31.2. The van der Waals surface area contributed by atoms with Gasteiger partial charge in [-0.15, -0.1) is 0 Å². The SMILES string of the molecule is NCC(O)C[n+]1cccc(CC(O)(C(=O)[O-])P(=O)(O)O)c1. The minimum absolute atomic E-state index is 0.0166. The molecule has 1 aromatic rings. The van der Waals surface area contributed by atoms with E-state index in [-0.39, 0.29) is 18.7 Å². The lowest BCUT2D eigenvalue weighted by Crippen LogP contribution is -2.50. The first-order valence-corrected chi connectivity index (χ1v) is 7.57. The lowest BCUT2D eigenvalue weighted by Gasteiger charge is -2.29. The molecule has 0 saturated carbocycles. The van der Waals surface area contributed by atoms with Gasteiger partial charge in [-0.25, -0.2) is 4.57 Å². The first kappa shape index (κ1) is 17.7. The molecular formula is C11H17N2O7P. The quantitative estimate of drug-likeness (QED) is 0.254. The molecule has 0 amide bonds. The molecule has 118 valence electrons. The van der Waals surface area contributed by atoms with E-state index in [1.54, 1.807) is 6.20 Å². The van der Waals surface area contributed by atoms with Crippen molar-refractivity contribution in [1.29, 1.82) is 0 Å². The van der Waals surface area contributed by atoms with E-state index in [0.717, 1.165) is 0 Å². The summed E-state index contributed by atoms with van der Waals surface area (Å²) in [6, 6.07) is 2.86. The van der Waals surface area contributed by atoms with Crippen LogP contribution in [0.1, 0.15) is 5.56 Å². The Kier molecular flexibility index (Phi) is 5.57. The van der Waals surface area contributed by atoms with Gasteiger partial charge in [-0.05, 0) is 6.07 Å². The van der Waals surface area contributed by atoms with Gasteiger partial charge in [0.15, 0.2) is 18.9 Å². The molecule has 1 aromatic heterocycles. The fraction of sp³-hybridized carbons (Fsp3) is 0.455. The van der Waals surface area contributed by atoms with Crippen molar-refractivity contribution in [3.8, 4) is 0 Å². The van der Waals surface area contributed by atoms with Gasteiger partial charge in [0.25, 0.3) is 0 Å². The van der Waals surface area contributed by atoms with Crippen molar-refractivity contribution >= 4 is 13.6 Å². The van der Waals surface area contributed by atoms with Crippen molar-refractivity contribution in [3.63, 3.8) is 0 Å². The number of pyridine rings is 1. The van der Waals surface area contributed by atoms with Gasteiger partial charge < -0.3 is 35.6 Å². The fourth-order valence-electron chi connectivity index (χ4n) is 1.69. The van der Waals surface area contributed by atoms with Crippen LogP contribution in [-0.2, 0) is 22.3 Å². The summed E-state index contributed by atoms with van der Waals surface area (Å²) in [5.41, 5.74) is 5.41. The molecule has 0 aromatic carbocycles. The van der Waals surface area contributed by atoms with E-state index in [2.05, 4.69) is 0 Å². The van der Waals surface area contributed by atoms with Gasteiger partial charge >= 0.3 is 7.60 Å². The summed E-state index contributed by atoms with van der Waals surface area (Å²) in [7, 11) is -5.34. The topological polar surface area (TPSA) is 168 Å². The minimum Gasteiger partial charge on any atom is -0.546 e. The second-order valence-corrected chi connectivity index (χ2v) is 6.45. The maximum absolute atomic E-state index is 11.2. The second-order valence-electron chi connectivity index (χ2n) is 4.62. The van der Waals surface area contributed by atoms with Gasteiger partial charge in [0.1, 0.15) is 6.10 Å². The minimum atomic E-state index is -5.34. The van der Waals surface area contributed by atoms with Crippen molar-refractivity contribution in [1.82, 2.24) is 0 Å². The molecule has 0 aliphatic heterocycles. The molecule has 0 aliphatic rings. The molecule has 0 fully saturated rings. The van der Waals surface area contributed by atoms with Crippen molar-refractivity contribution < 1.29 is 39.0 Å². The zero-order valence-electron chi connectivity index (χ0n) is 11.0. The molecule has 21 heavy (non-hydrogen) atoms. The maximum atomic E-state index is 11.2. The molecule has 0 bridgehead atoms. The number of aliphatic hydroxyl groups excluding tert-OH is 1. The van der Waals surface area contributed by atoms with E-state index in [4.69, 9.17) is 15.5 Å². The van der Waals surface area contributed by atoms with E-state index < -0.39 is 31.4 Å². The van der Waals surface area contributed by atoms with Crippen LogP contribution in [0.3, 0.4) is 0 Å². The highest BCUT2D eigenvalue weighted by Gasteiger charge is 2.47. The Morgan fingerprint density at radius 2 is 2.14 bits per heavy atom. The molecule has 0 radical (unpaired) electrons. The number of hydrogen-bond donors (Lipinski definition) is 5. The van der Waals surface area contributed by atoms with Crippen LogP contribution in [0, 0.1) is 0 Å². The number of carbonyl (C=O) groups excluding carboxylic acids is 1.